The van der Waals surface area contributed by atoms with Gasteiger partial charge in [-0.3, -0.25) is 9.59 Å². The van der Waals surface area contributed by atoms with E-state index in [1.165, 1.54) is 12.1 Å². The monoisotopic (exact) mass is 262 g/mol. The minimum Gasteiger partial charge on any atom is -0.497 e. The number of furan rings is 1. The molecule has 0 N–H and O–H groups in total. The third kappa shape index (κ3) is 2.81. The molecule has 1 aromatic heterocycles. The van der Waals surface area contributed by atoms with Gasteiger partial charge in [-0.25, -0.2) is 0 Å². The summed E-state index contributed by atoms with van der Waals surface area (Å²) in [4.78, 5) is 23.1. The topological polar surface area (TPSA) is 56.5 Å². The molecule has 0 aliphatic heterocycles. The van der Waals surface area contributed by atoms with Crippen LogP contribution < -0.4 is 4.74 Å². The van der Waals surface area contributed by atoms with Gasteiger partial charge in [-0.15, -0.1) is 0 Å². The number of hydrogen-bond donors (Lipinski definition) is 0. The number of thioether (sulfide) groups is 1. The van der Waals surface area contributed by atoms with E-state index in [-0.39, 0.29) is 16.6 Å². The van der Waals surface area contributed by atoms with Gasteiger partial charge in [0.25, 0.3) is 5.12 Å². The van der Waals surface area contributed by atoms with E-state index in [0.717, 1.165) is 16.7 Å². The minimum absolute atomic E-state index is 0.143. The SMILES string of the molecule is COc1cccc(SC(=O)c2ccc(C=O)o2)c1. The van der Waals surface area contributed by atoms with E-state index >= 15 is 0 Å². The third-order valence-corrected chi connectivity index (χ3v) is 3.07. The summed E-state index contributed by atoms with van der Waals surface area (Å²) in [7, 11) is 1.56. The summed E-state index contributed by atoms with van der Waals surface area (Å²) < 4.78 is 10.1. The Morgan fingerprint density at radius 3 is 2.83 bits per heavy atom. The zero-order chi connectivity index (χ0) is 13.0. The average Bonchev–Trinajstić information content (AvgIpc) is 2.88. The second-order valence-corrected chi connectivity index (χ2v) is 4.43. The molecule has 0 saturated carbocycles. The molecule has 92 valence electrons. The van der Waals surface area contributed by atoms with Gasteiger partial charge in [0.05, 0.1) is 7.11 Å². The van der Waals surface area contributed by atoms with Crippen molar-refractivity contribution in [3.63, 3.8) is 0 Å². The molecule has 0 unspecified atom stereocenters. The first-order valence-corrected chi connectivity index (χ1v) is 5.96. The standard InChI is InChI=1S/C13H10O4S/c1-16-9-3-2-4-11(7-9)18-13(15)12-6-5-10(8-14)17-12/h2-8H,1H3. The van der Waals surface area contributed by atoms with Gasteiger partial charge < -0.3 is 9.15 Å². The molecule has 0 spiro atoms. The van der Waals surface area contributed by atoms with Crippen molar-refractivity contribution in [3.8, 4) is 5.75 Å². The second kappa shape index (κ2) is 5.55. The Balaban J connectivity index is 2.12. The van der Waals surface area contributed by atoms with Crippen LogP contribution in [-0.4, -0.2) is 18.5 Å². The van der Waals surface area contributed by atoms with Gasteiger partial charge in [0.15, 0.2) is 17.8 Å². The van der Waals surface area contributed by atoms with Crippen LogP contribution in [0.4, 0.5) is 0 Å². The molecule has 0 radical (unpaired) electrons. The lowest BCUT2D eigenvalue weighted by molar-refractivity contribution is 0.105. The summed E-state index contributed by atoms with van der Waals surface area (Å²) in [5.74, 6) is 0.982. The fourth-order valence-electron chi connectivity index (χ4n) is 1.35. The number of rotatable bonds is 4. The number of carbonyl (C=O) groups is 2. The maximum absolute atomic E-state index is 11.9. The van der Waals surface area contributed by atoms with Crippen LogP contribution in [0.2, 0.25) is 0 Å². The van der Waals surface area contributed by atoms with Crippen molar-refractivity contribution in [3.05, 3.63) is 47.9 Å². The maximum Gasteiger partial charge on any atom is 0.259 e. The van der Waals surface area contributed by atoms with Crippen LogP contribution in [0, 0.1) is 0 Å². The Morgan fingerprint density at radius 1 is 1.33 bits per heavy atom. The Morgan fingerprint density at radius 2 is 2.17 bits per heavy atom. The highest BCUT2D eigenvalue weighted by atomic mass is 32.2. The van der Waals surface area contributed by atoms with Crippen molar-refractivity contribution in [1.82, 2.24) is 0 Å². The Hall–Kier alpha value is -2.01. The average molecular weight is 262 g/mol. The van der Waals surface area contributed by atoms with Gasteiger partial charge in [-0.05, 0) is 42.1 Å². The van der Waals surface area contributed by atoms with Gasteiger partial charge in [0.1, 0.15) is 5.75 Å². The summed E-state index contributed by atoms with van der Waals surface area (Å²) in [6, 6.07) is 10.1. The number of ether oxygens (including phenoxy) is 1. The fraction of sp³-hybridized carbons (Fsp3) is 0.0769. The second-order valence-electron chi connectivity index (χ2n) is 3.39. The van der Waals surface area contributed by atoms with Gasteiger partial charge in [0.2, 0.25) is 0 Å². The fourth-order valence-corrected chi connectivity index (χ4v) is 2.09. The predicted octanol–water partition coefficient (Wildman–Crippen LogP) is 3.03. The molecule has 18 heavy (non-hydrogen) atoms. The minimum atomic E-state index is -0.253. The molecule has 1 aromatic carbocycles. The van der Waals surface area contributed by atoms with E-state index in [0.29, 0.717) is 12.0 Å². The molecule has 2 aromatic rings. The summed E-state index contributed by atoms with van der Waals surface area (Å²) in [6.45, 7) is 0. The molecule has 0 bridgehead atoms. The lowest BCUT2D eigenvalue weighted by Crippen LogP contribution is -1.90. The number of aldehydes is 1. The molecule has 0 amide bonds. The first-order chi connectivity index (χ1) is 8.72. The van der Waals surface area contributed by atoms with Crippen LogP contribution in [0.5, 0.6) is 5.75 Å². The molecule has 0 fully saturated rings. The lowest BCUT2D eigenvalue weighted by atomic mass is 10.3. The van der Waals surface area contributed by atoms with E-state index < -0.39 is 0 Å². The number of benzene rings is 1. The Kier molecular flexibility index (Phi) is 3.84. The summed E-state index contributed by atoms with van der Waals surface area (Å²) in [5.41, 5.74) is 0. The predicted molar refractivity (Wildman–Crippen MR) is 67.3 cm³/mol. The van der Waals surface area contributed by atoms with Crippen LogP contribution in [-0.2, 0) is 0 Å². The van der Waals surface area contributed by atoms with Crippen molar-refractivity contribution < 1.29 is 18.7 Å². The summed E-state index contributed by atoms with van der Waals surface area (Å²) in [5, 5.41) is -0.253. The van der Waals surface area contributed by atoms with Crippen molar-refractivity contribution in [2.75, 3.05) is 7.11 Å². The highest BCUT2D eigenvalue weighted by Gasteiger charge is 2.13. The molecule has 0 aliphatic rings. The van der Waals surface area contributed by atoms with Crippen LogP contribution in [0.3, 0.4) is 0 Å². The van der Waals surface area contributed by atoms with Crippen LogP contribution in [0.1, 0.15) is 21.1 Å². The zero-order valence-corrected chi connectivity index (χ0v) is 10.4. The zero-order valence-electron chi connectivity index (χ0n) is 9.58. The van der Waals surface area contributed by atoms with Gasteiger partial charge in [-0.2, -0.15) is 0 Å². The van der Waals surface area contributed by atoms with E-state index in [9.17, 15) is 9.59 Å². The summed E-state index contributed by atoms with van der Waals surface area (Å²) in [6.07, 6.45) is 0.562. The van der Waals surface area contributed by atoms with Crippen LogP contribution in [0.25, 0.3) is 0 Å². The van der Waals surface area contributed by atoms with Gasteiger partial charge >= 0.3 is 0 Å². The van der Waals surface area contributed by atoms with E-state index in [4.69, 9.17) is 9.15 Å². The highest BCUT2D eigenvalue weighted by Crippen LogP contribution is 2.26. The first kappa shape index (κ1) is 12.4. The molecule has 2 rings (SSSR count). The molecule has 1 heterocycles. The van der Waals surface area contributed by atoms with Crippen LogP contribution in [0.15, 0.2) is 45.7 Å². The molecular weight excluding hydrogens is 252 g/mol. The summed E-state index contributed by atoms with van der Waals surface area (Å²) >= 11 is 1.02. The Labute approximate surface area is 108 Å². The Bertz CT molecular complexity index is 574. The quantitative estimate of drug-likeness (QED) is 0.626. The van der Waals surface area contributed by atoms with Crippen molar-refractivity contribution in [2.45, 2.75) is 4.90 Å². The first-order valence-electron chi connectivity index (χ1n) is 5.14. The highest BCUT2D eigenvalue weighted by molar-refractivity contribution is 8.14. The molecular formula is C13H10O4S. The van der Waals surface area contributed by atoms with E-state index in [2.05, 4.69) is 0 Å². The third-order valence-electron chi connectivity index (χ3n) is 2.20. The molecule has 0 atom stereocenters. The molecule has 0 aliphatic carbocycles. The van der Waals surface area contributed by atoms with Gasteiger partial charge in [0, 0.05) is 4.90 Å². The number of hydrogen-bond acceptors (Lipinski definition) is 5. The molecule has 5 heteroatoms. The lowest BCUT2D eigenvalue weighted by Gasteiger charge is -2.02. The maximum atomic E-state index is 11.9. The van der Waals surface area contributed by atoms with Gasteiger partial charge in [-0.1, -0.05) is 6.07 Å². The number of methoxy groups -OCH3 is 1. The normalized spacial score (nSPS) is 10.1. The number of carbonyl (C=O) groups excluding carboxylic acids is 2. The van der Waals surface area contributed by atoms with E-state index in [1.807, 2.05) is 0 Å². The van der Waals surface area contributed by atoms with Crippen molar-refractivity contribution in [1.29, 1.82) is 0 Å². The van der Waals surface area contributed by atoms with Crippen molar-refractivity contribution in [2.24, 2.45) is 0 Å². The molecule has 0 saturated heterocycles. The molecule has 4 nitrogen and oxygen atoms in total. The van der Waals surface area contributed by atoms with Crippen LogP contribution >= 0.6 is 11.8 Å². The van der Waals surface area contributed by atoms with Crippen molar-refractivity contribution >= 4 is 23.2 Å². The largest absolute Gasteiger partial charge is 0.497 e. The van der Waals surface area contributed by atoms with E-state index in [1.54, 1.807) is 31.4 Å². The smallest absolute Gasteiger partial charge is 0.259 e.